The maximum Gasteiger partial charge on any atom is 0.416 e. The largest absolute Gasteiger partial charge is 0.480 e. The number of ether oxygens (including phenoxy) is 2. The lowest BCUT2D eigenvalue weighted by atomic mass is 10.0. The van der Waals surface area contributed by atoms with Gasteiger partial charge < -0.3 is 14.6 Å². The smallest absolute Gasteiger partial charge is 0.416 e. The molecule has 2 aliphatic heterocycles. The van der Waals surface area contributed by atoms with Gasteiger partial charge in [-0.25, -0.2) is 0 Å². The molecule has 0 aromatic heterocycles. The monoisotopic (exact) mass is 419 g/mol. The number of carboxylic acid groups (broad SMARTS) is 1. The number of rotatable bonds is 4. The number of alkyl halides is 3. The number of carboxylic acids is 1. The summed E-state index contributed by atoms with van der Waals surface area (Å²) in [6, 6.07) is 9.64. The van der Waals surface area contributed by atoms with Gasteiger partial charge in [0.15, 0.2) is 0 Å². The fourth-order valence-electron chi connectivity index (χ4n) is 3.52. The molecule has 4 rings (SSSR count). The highest BCUT2D eigenvalue weighted by atomic mass is 19.4. The van der Waals surface area contributed by atoms with E-state index in [0.29, 0.717) is 22.4 Å². The van der Waals surface area contributed by atoms with Gasteiger partial charge in [0, 0.05) is 5.56 Å². The summed E-state index contributed by atoms with van der Waals surface area (Å²) in [5.74, 6) is -3.43. The normalized spacial score (nSPS) is 17.8. The zero-order valence-electron chi connectivity index (χ0n) is 15.5. The van der Waals surface area contributed by atoms with Crippen LogP contribution in [0.3, 0.4) is 0 Å². The van der Waals surface area contributed by atoms with Gasteiger partial charge in [0.1, 0.15) is 6.54 Å². The average Bonchev–Trinajstić information content (AvgIpc) is 3.27. The van der Waals surface area contributed by atoms with E-state index in [0.717, 1.165) is 17.0 Å². The molecular formula is C21H16F3NO5. The van der Waals surface area contributed by atoms with E-state index in [1.807, 2.05) is 0 Å². The minimum atomic E-state index is -4.40. The summed E-state index contributed by atoms with van der Waals surface area (Å²) in [7, 11) is 0. The second kappa shape index (κ2) is 7.26. The van der Waals surface area contributed by atoms with Crippen molar-refractivity contribution >= 4 is 29.7 Å². The van der Waals surface area contributed by atoms with Crippen LogP contribution in [0.2, 0.25) is 0 Å². The molecule has 1 amide bonds. The molecule has 0 bridgehead atoms. The summed E-state index contributed by atoms with van der Waals surface area (Å²) in [5.41, 5.74) is 1.27. The standard InChI is InChI=1S/C21H16F3NO5/c22-21(23,24)15-6-3-13(4-7-15)1-2-14-5-8-17-16(11-14)20(29-9-10-30-20)19(28)25(17)12-18(26)27/h1-8,11H,9-10,12H2,(H,26,27)/b2-1+. The van der Waals surface area contributed by atoms with Crippen molar-refractivity contribution in [2.45, 2.75) is 12.0 Å². The molecule has 2 aromatic carbocycles. The van der Waals surface area contributed by atoms with E-state index in [-0.39, 0.29) is 13.2 Å². The molecule has 6 nitrogen and oxygen atoms in total. The number of benzene rings is 2. The first-order chi connectivity index (χ1) is 14.2. The fraction of sp³-hybridized carbons (Fsp3) is 0.238. The number of hydrogen-bond donors (Lipinski definition) is 1. The second-order valence-corrected chi connectivity index (χ2v) is 6.83. The van der Waals surface area contributed by atoms with E-state index in [1.165, 1.54) is 12.1 Å². The minimum absolute atomic E-state index is 0.192. The SMILES string of the molecule is O=C(O)CN1C(=O)C2(OCCO2)c2cc(/C=C/c3ccc(C(F)(F)F)cc3)ccc21. The number of hydrogen-bond acceptors (Lipinski definition) is 4. The van der Waals surface area contributed by atoms with Crippen LogP contribution in [0, 0.1) is 0 Å². The Balaban J connectivity index is 1.65. The van der Waals surface area contributed by atoms with Gasteiger partial charge in [0.2, 0.25) is 0 Å². The summed E-state index contributed by atoms with van der Waals surface area (Å²) >= 11 is 0. The van der Waals surface area contributed by atoms with Crippen LogP contribution in [0.15, 0.2) is 42.5 Å². The molecule has 0 radical (unpaired) electrons. The predicted octanol–water partition coefficient (Wildman–Crippen LogP) is 3.51. The van der Waals surface area contributed by atoms with Crippen molar-refractivity contribution in [2.75, 3.05) is 24.7 Å². The van der Waals surface area contributed by atoms with Gasteiger partial charge in [0.05, 0.1) is 24.5 Å². The molecule has 1 spiro atoms. The minimum Gasteiger partial charge on any atom is -0.480 e. The molecule has 0 saturated carbocycles. The zero-order chi connectivity index (χ0) is 21.5. The molecule has 30 heavy (non-hydrogen) atoms. The Morgan fingerprint density at radius 1 is 1.07 bits per heavy atom. The highest BCUT2D eigenvalue weighted by Crippen LogP contribution is 2.46. The Bertz CT molecular complexity index is 1020. The van der Waals surface area contributed by atoms with Gasteiger partial charge in [-0.15, -0.1) is 0 Å². The second-order valence-electron chi connectivity index (χ2n) is 6.83. The highest BCUT2D eigenvalue weighted by Gasteiger charge is 2.56. The van der Waals surface area contributed by atoms with Crippen LogP contribution in [0.4, 0.5) is 18.9 Å². The Morgan fingerprint density at radius 2 is 1.67 bits per heavy atom. The van der Waals surface area contributed by atoms with Gasteiger partial charge in [-0.1, -0.05) is 30.4 Å². The third-order valence-electron chi connectivity index (χ3n) is 4.89. The van der Waals surface area contributed by atoms with Crippen LogP contribution >= 0.6 is 0 Å². The molecular weight excluding hydrogens is 403 g/mol. The molecule has 1 saturated heterocycles. The van der Waals surface area contributed by atoms with E-state index in [1.54, 1.807) is 30.4 Å². The molecule has 1 N–H and O–H groups in total. The van der Waals surface area contributed by atoms with Gasteiger partial charge >= 0.3 is 12.1 Å². The number of halogens is 3. The van der Waals surface area contributed by atoms with Crippen molar-refractivity contribution in [2.24, 2.45) is 0 Å². The molecule has 0 aliphatic carbocycles. The summed E-state index contributed by atoms with van der Waals surface area (Å²) in [6.45, 7) is -0.142. The Labute approximate surface area is 169 Å². The molecule has 1 fully saturated rings. The lowest BCUT2D eigenvalue weighted by Gasteiger charge is -2.21. The van der Waals surface area contributed by atoms with Crippen LogP contribution < -0.4 is 4.90 Å². The topological polar surface area (TPSA) is 76.1 Å². The Morgan fingerprint density at radius 3 is 2.27 bits per heavy atom. The average molecular weight is 419 g/mol. The number of fused-ring (bicyclic) bond motifs is 2. The summed E-state index contributed by atoms with van der Waals surface area (Å²) in [6.07, 6.45) is -1.08. The van der Waals surface area contributed by atoms with E-state index in [4.69, 9.17) is 14.6 Å². The number of carbonyl (C=O) groups is 2. The van der Waals surface area contributed by atoms with E-state index >= 15 is 0 Å². The van der Waals surface area contributed by atoms with Crippen molar-refractivity contribution in [3.8, 4) is 0 Å². The van der Waals surface area contributed by atoms with Crippen molar-refractivity contribution in [1.82, 2.24) is 0 Å². The third-order valence-corrected chi connectivity index (χ3v) is 4.89. The summed E-state index contributed by atoms with van der Waals surface area (Å²) in [4.78, 5) is 25.1. The lowest BCUT2D eigenvalue weighted by Crippen LogP contribution is -2.43. The number of aliphatic carboxylic acids is 1. The lowest BCUT2D eigenvalue weighted by molar-refractivity contribution is -0.181. The van der Waals surface area contributed by atoms with Crippen molar-refractivity contribution in [3.05, 3.63) is 64.7 Å². The highest BCUT2D eigenvalue weighted by molar-refractivity contribution is 6.08. The van der Waals surface area contributed by atoms with Crippen molar-refractivity contribution in [3.63, 3.8) is 0 Å². The summed E-state index contributed by atoms with van der Waals surface area (Å²) < 4.78 is 49.2. The Kier molecular flexibility index (Phi) is 4.87. The number of nitrogens with zero attached hydrogens (tertiary/aromatic N) is 1. The number of carbonyl (C=O) groups excluding carboxylic acids is 1. The molecule has 0 unspecified atom stereocenters. The fourth-order valence-corrected chi connectivity index (χ4v) is 3.52. The number of anilines is 1. The first-order valence-corrected chi connectivity index (χ1v) is 9.02. The summed E-state index contributed by atoms with van der Waals surface area (Å²) in [5, 5.41) is 9.13. The van der Waals surface area contributed by atoms with Crippen LogP contribution in [-0.2, 0) is 31.0 Å². The van der Waals surface area contributed by atoms with Crippen molar-refractivity contribution < 1.29 is 37.3 Å². The molecule has 156 valence electrons. The van der Waals surface area contributed by atoms with Gasteiger partial charge in [0.25, 0.3) is 11.7 Å². The molecule has 2 aliphatic rings. The van der Waals surface area contributed by atoms with Gasteiger partial charge in [-0.05, 0) is 35.4 Å². The first kappa shape index (κ1) is 20.1. The molecule has 2 aromatic rings. The third kappa shape index (κ3) is 3.46. The van der Waals surface area contributed by atoms with Crippen LogP contribution in [0.25, 0.3) is 12.2 Å². The maximum absolute atomic E-state index is 12.8. The number of amides is 1. The van der Waals surface area contributed by atoms with Crippen LogP contribution in [0.1, 0.15) is 22.3 Å². The van der Waals surface area contributed by atoms with Crippen LogP contribution in [-0.4, -0.2) is 36.7 Å². The quantitative estimate of drug-likeness (QED) is 0.768. The zero-order valence-corrected chi connectivity index (χ0v) is 15.5. The Hall–Kier alpha value is -3.17. The maximum atomic E-state index is 12.8. The molecule has 2 heterocycles. The van der Waals surface area contributed by atoms with E-state index in [2.05, 4.69) is 0 Å². The first-order valence-electron chi connectivity index (χ1n) is 9.02. The molecule has 9 heteroatoms. The van der Waals surface area contributed by atoms with Crippen LogP contribution in [0.5, 0.6) is 0 Å². The van der Waals surface area contributed by atoms with E-state index in [9.17, 15) is 22.8 Å². The predicted molar refractivity (Wildman–Crippen MR) is 100 cm³/mol. The van der Waals surface area contributed by atoms with Crippen molar-refractivity contribution in [1.29, 1.82) is 0 Å². The van der Waals surface area contributed by atoms with Gasteiger partial charge in [-0.2, -0.15) is 13.2 Å². The van der Waals surface area contributed by atoms with Gasteiger partial charge in [-0.3, -0.25) is 14.5 Å². The molecule has 0 atom stereocenters. The van der Waals surface area contributed by atoms with E-state index < -0.39 is 35.9 Å².